The van der Waals surface area contributed by atoms with Gasteiger partial charge in [-0.25, -0.2) is 0 Å². The van der Waals surface area contributed by atoms with Crippen molar-refractivity contribution in [3.8, 4) is 0 Å². The summed E-state index contributed by atoms with van der Waals surface area (Å²) >= 11 is 0. The molecule has 0 bridgehead atoms. The van der Waals surface area contributed by atoms with E-state index in [0.717, 1.165) is 12.1 Å². The molecule has 2 aromatic rings. The highest BCUT2D eigenvalue weighted by Gasteiger charge is 2.24. The van der Waals surface area contributed by atoms with Gasteiger partial charge in [0.2, 0.25) is 5.91 Å². The van der Waals surface area contributed by atoms with Crippen molar-refractivity contribution >= 4 is 17.5 Å². The number of para-hydroxylation sites is 1. The van der Waals surface area contributed by atoms with E-state index < -0.39 is 0 Å². The standard InChI is InChI=1S/C17H16N2O2/c20-16(12-18-17(21)14-7-2-1-3-8-14)19-11-10-13-6-4-5-9-15(13)19/h1-9H,10-12H2,(H,18,21). The van der Waals surface area contributed by atoms with E-state index in [2.05, 4.69) is 5.32 Å². The van der Waals surface area contributed by atoms with Gasteiger partial charge in [-0.1, -0.05) is 36.4 Å². The van der Waals surface area contributed by atoms with Crippen molar-refractivity contribution in [3.63, 3.8) is 0 Å². The molecule has 2 aromatic carbocycles. The van der Waals surface area contributed by atoms with Gasteiger partial charge in [-0.3, -0.25) is 9.59 Å². The number of anilines is 1. The highest BCUT2D eigenvalue weighted by Crippen LogP contribution is 2.27. The van der Waals surface area contributed by atoms with Gasteiger partial charge >= 0.3 is 0 Å². The zero-order valence-electron chi connectivity index (χ0n) is 11.6. The van der Waals surface area contributed by atoms with Crippen molar-refractivity contribution in [1.29, 1.82) is 0 Å². The molecule has 0 aromatic heterocycles. The van der Waals surface area contributed by atoms with Crippen LogP contribution in [-0.4, -0.2) is 24.9 Å². The van der Waals surface area contributed by atoms with Crippen LogP contribution in [0.5, 0.6) is 0 Å². The van der Waals surface area contributed by atoms with E-state index >= 15 is 0 Å². The molecular formula is C17H16N2O2. The predicted octanol–water partition coefficient (Wildman–Crippen LogP) is 2.01. The van der Waals surface area contributed by atoms with Crippen LogP contribution in [0.3, 0.4) is 0 Å². The Balaban J connectivity index is 1.62. The number of carbonyl (C=O) groups excluding carboxylic acids is 2. The maximum Gasteiger partial charge on any atom is 0.251 e. The molecule has 0 spiro atoms. The molecule has 3 rings (SSSR count). The molecule has 0 aliphatic carbocycles. The summed E-state index contributed by atoms with van der Waals surface area (Å²) in [5.74, 6) is -0.305. The highest BCUT2D eigenvalue weighted by molar-refractivity contribution is 6.01. The van der Waals surface area contributed by atoms with Gasteiger partial charge in [-0.15, -0.1) is 0 Å². The predicted molar refractivity (Wildman–Crippen MR) is 81.3 cm³/mol. The second-order valence-electron chi connectivity index (χ2n) is 4.97. The van der Waals surface area contributed by atoms with Gasteiger partial charge in [0.1, 0.15) is 0 Å². The number of nitrogens with one attached hydrogen (secondary N) is 1. The van der Waals surface area contributed by atoms with Gasteiger partial charge in [0, 0.05) is 17.8 Å². The van der Waals surface area contributed by atoms with Crippen LogP contribution in [0.15, 0.2) is 54.6 Å². The zero-order chi connectivity index (χ0) is 14.7. The van der Waals surface area contributed by atoms with E-state index in [1.165, 1.54) is 5.56 Å². The van der Waals surface area contributed by atoms with Crippen LogP contribution < -0.4 is 10.2 Å². The van der Waals surface area contributed by atoms with Crippen LogP contribution in [0.4, 0.5) is 5.69 Å². The molecule has 0 atom stereocenters. The molecule has 0 saturated heterocycles. The number of benzene rings is 2. The van der Waals surface area contributed by atoms with Crippen molar-refractivity contribution in [2.45, 2.75) is 6.42 Å². The maximum atomic E-state index is 12.3. The molecule has 0 unspecified atom stereocenters. The summed E-state index contributed by atoms with van der Waals surface area (Å²) in [5.41, 5.74) is 2.70. The molecule has 4 nitrogen and oxygen atoms in total. The molecule has 106 valence electrons. The smallest absolute Gasteiger partial charge is 0.251 e. The molecule has 1 N–H and O–H groups in total. The molecule has 4 heteroatoms. The molecule has 21 heavy (non-hydrogen) atoms. The second-order valence-corrected chi connectivity index (χ2v) is 4.97. The maximum absolute atomic E-state index is 12.3. The van der Waals surface area contributed by atoms with Crippen molar-refractivity contribution in [2.24, 2.45) is 0 Å². The second kappa shape index (κ2) is 5.79. The topological polar surface area (TPSA) is 49.4 Å². The largest absolute Gasteiger partial charge is 0.343 e. The molecule has 1 aliphatic rings. The van der Waals surface area contributed by atoms with E-state index in [0.29, 0.717) is 12.1 Å². The Morgan fingerprint density at radius 1 is 1.00 bits per heavy atom. The van der Waals surface area contributed by atoms with E-state index in [1.54, 1.807) is 29.2 Å². The third-order valence-electron chi connectivity index (χ3n) is 3.62. The van der Waals surface area contributed by atoms with Crippen molar-refractivity contribution in [2.75, 3.05) is 18.0 Å². The minimum atomic E-state index is -0.226. The minimum Gasteiger partial charge on any atom is -0.343 e. The van der Waals surface area contributed by atoms with Crippen LogP contribution in [0, 0.1) is 0 Å². The first-order chi connectivity index (χ1) is 10.3. The SMILES string of the molecule is O=C(NCC(=O)N1CCc2ccccc21)c1ccccc1. The average Bonchev–Trinajstić information content (AvgIpc) is 2.97. The van der Waals surface area contributed by atoms with Gasteiger partial charge in [-0.2, -0.15) is 0 Å². The number of nitrogens with zero attached hydrogens (tertiary/aromatic N) is 1. The van der Waals surface area contributed by atoms with E-state index in [4.69, 9.17) is 0 Å². The molecule has 2 amide bonds. The lowest BCUT2D eigenvalue weighted by Crippen LogP contribution is -2.39. The van der Waals surface area contributed by atoms with Gasteiger partial charge in [-0.05, 0) is 30.2 Å². The zero-order valence-corrected chi connectivity index (χ0v) is 11.6. The summed E-state index contributed by atoms with van der Waals surface area (Å²) in [4.78, 5) is 25.9. The molecule has 0 radical (unpaired) electrons. The fraction of sp³-hybridized carbons (Fsp3) is 0.176. The van der Waals surface area contributed by atoms with Crippen molar-refractivity contribution in [3.05, 3.63) is 65.7 Å². The third kappa shape index (κ3) is 2.79. The number of fused-ring (bicyclic) bond motifs is 1. The number of hydrogen-bond acceptors (Lipinski definition) is 2. The van der Waals surface area contributed by atoms with Crippen LogP contribution in [0.2, 0.25) is 0 Å². The summed E-state index contributed by atoms with van der Waals surface area (Å²) < 4.78 is 0. The number of carbonyl (C=O) groups is 2. The molecule has 1 heterocycles. The van der Waals surface area contributed by atoms with E-state index in [-0.39, 0.29) is 18.4 Å². The monoisotopic (exact) mass is 280 g/mol. The summed E-state index contributed by atoms with van der Waals surface area (Å²) in [6.45, 7) is 0.696. The molecule has 0 fully saturated rings. The van der Waals surface area contributed by atoms with Crippen LogP contribution in [0.1, 0.15) is 15.9 Å². The quantitative estimate of drug-likeness (QED) is 0.935. The fourth-order valence-electron chi connectivity index (χ4n) is 2.54. The Morgan fingerprint density at radius 2 is 1.71 bits per heavy atom. The normalized spacial score (nSPS) is 12.9. The summed E-state index contributed by atoms with van der Waals surface area (Å²) in [5, 5.41) is 2.68. The Labute approximate surface area is 123 Å². The molecule has 1 aliphatic heterocycles. The van der Waals surface area contributed by atoms with Crippen LogP contribution >= 0.6 is 0 Å². The minimum absolute atomic E-state index is 0.0159. The lowest BCUT2D eigenvalue weighted by atomic mass is 10.2. The Morgan fingerprint density at radius 3 is 2.52 bits per heavy atom. The fourth-order valence-corrected chi connectivity index (χ4v) is 2.54. The van der Waals surface area contributed by atoms with Gasteiger partial charge < -0.3 is 10.2 Å². The summed E-state index contributed by atoms with van der Waals surface area (Å²) in [6.07, 6.45) is 0.870. The average molecular weight is 280 g/mol. The van der Waals surface area contributed by atoms with Gasteiger partial charge in [0.15, 0.2) is 0 Å². The summed E-state index contributed by atoms with van der Waals surface area (Å²) in [7, 11) is 0. The Hall–Kier alpha value is -2.62. The Kier molecular flexibility index (Phi) is 3.69. The van der Waals surface area contributed by atoms with Crippen molar-refractivity contribution < 1.29 is 9.59 Å². The molecular weight excluding hydrogens is 264 g/mol. The van der Waals surface area contributed by atoms with Gasteiger partial charge in [0.05, 0.1) is 6.54 Å². The third-order valence-corrected chi connectivity index (χ3v) is 3.62. The first kappa shape index (κ1) is 13.4. The number of amides is 2. The lowest BCUT2D eigenvalue weighted by Gasteiger charge is -2.17. The lowest BCUT2D eigenvalue weighted by molar-refractivity contribution is -0.117. The number of hydrogen-bond donors (Lipinski definition) is 1. The van der Waals surface area contributed by atoms with Crippen LogP contribution in [0.25, 0.3) is 0 Å². The Bertz CT molecular complexity index is 668. The van der Waals surface area contributed by atoms with E-state index in [9.17, 15) is 9.59 Å². The first-order valence-electron chi connectivity index (χ1n) is 6.97. The number of rotatable bonds is 3. The highest BCUT2D eigenvalue weighted by atomic mass is 16.2. The van der Waals surface area contributed by atoms with Gasteiger partial charge in [0.25, 0.3) is 5.91 Å². The van der Waals surface area contributed by atoms with E-state index in [1.807, 2.05) is 30.3 Å². The molecule has 0 saturated carbocycles. The van der Waals surface area contributed by atoms with Crippen molar-refractivity contribution in [1.82, 2.24) is 5.32 Å². The van der Waals surface area contributed by atoms with Crippen LogP contribution in [-0.2, 0) is 11.2 Å². The summed E-state index contributed by atoms with van der Waals surface area (Å²) in [6, 6.07) is 16.8. The first-order valence-corrected chi connectivity index (χ1v) is 6.97.